The standard InChI is InChI=1S/C26H30N2O5S/c29-25(27-16-14-20-6-2-1-3-7-20)19-33-26(30)22-10-12-24(13-11-22)34(31,32)28-17-15-21-8-4-5-9-23(21)18-28/h4-6,8-13H,1-3,7,14-19H2,(H,27,29). The molecule has 0 spiro atoms. The highest BCUT2D eigenvalue weighted by molar-refractivity contribution is 7.89. The van der Waals surface area contributed by atoms with E-state index in [4.69, 9.17) is 4.74 Å². The van der Waals surface area contributed by atoms with Crippen LogP contribution in [-0.2, 0) is 32.5 Å². The molecule has 1 aliphatic heterocycles. The average molecular weight is 483 g/mol. The molecule has 1 heterocycles. The fourth-order valence-electron chi connectivity index (χ4n) is 4.35. The van der Waals surface area contributed by atoms with Gasteiger partial charge in [-0.25, -0.2) is 13.2 Å². The van der Waals surface area contributed by atoms with E-state index < -0.39 is 16.0 Å². The lowest BCUT2D eigenvalue weighted by Gasteiger charge is -2.28. The number of rotatable bonds is 8. The van der Waals surface area contributed by atoms with Gasteiger partial charge < -0.3 is 10.1 Å². The number of amides is 1. The number of hydrogen-bond donors (Lipinski definition) is 1. The first-order valence-corrected chi connectivity index (χ1v) is 13.2. The van der Waals surface area contributed by atoms with Gasteiger partial charge in [0.1, 0.15) is 0 Å². The Balaban J connectivity index is 1.27. The highest BCUT2D eigenvalue weighted by atomic mass is 32.2. The summed E-state index contributed by atoms with van der Waals surface area (Å²) in [5, 5.41) is 2.77. The third-order valence-electron chi connectivity index (χ3n) is 6.31. The van der Waals surface area contributed by atoms with E-state index >= 15 is 0 Å². The van der Waals surface area contributed by atoms with Crippen molar-refractivity contribution in [3.05, 3.63) is 76.9 Å². The summed E-state index contributed by atoms with van der Waals surface area (Å²) in [6, 6.07) is 13.5. The van der Waals surface area contributed by atoms with Crippen molar-refractivity contribution in [3.63, 3.8) is 0 Å². The van der Waals surface area contributed by atoms with Crippen LogP contribution in [0.25, 0.3) is 0 Å². The third-order valence-corrected chi connectivity index (χ3v) is 8.17. The summed E-state index contributed by atoms with van der Waals surface area (Å²) >= 11 is 0. The SMILES string of the molecule is O=C(COC(=O)c1ccc(S(=O)(=O)N2CCc3ccccc3C2)cc1)NCCC1=CCCCC1. The molecule has 2 aromatic rings. The zero-order chi connectivity index (χ0) is 24.0. The lowest BCUT2D eigenvalue weighted by Crippen LogP contribution is -2.35. The van der Waals surface area contributed by atoms with Gasteiger partial charge in [0.25, 0.3) is 5.91 Å². The first-order valence-electron chi connectivity index (χ1n) is 11.7. The predicted molar refractivity (Wildman–Crippen MR) is 129 cm³/mol. The summed E-state index contributed by atoms with van der Waals surface area (Å²) < 4.78 is 32.7. The Morgan fingerprint density at radius 1 is 0.971 bits per heavy atom. The van der Waals surface area contributed by atoms with Crippen molar-refractivity contribution in [3.8, 4) is 0 Å². The van der Waals surface area contributed by atoms with E-state index in [1.54, 1.807) is 0 Å². The zero-order valence-electron chi connectivity index (χ0n) is 19.2. The quantitative estimate of drug-likeness (QED) is 0.458. The third kappa shape index (κ3) is 5.93. The molecule has 0 fully saturated rings. The van der Waals surface area contributed by atoms with Crippen molar-refractivity contribution < 1.29 is 22.7 Å². The molecule has 1 amide bonds. The van der Waals surface area contributed by atoms with E-state index in [1.807, 2.05) is 24.3 Å². The minimum atomic E-state index is -3.68. The number of carbonyl (C=O) groups is 2. The topological polar surface area (TPSA) is 92.8 Å². The van der Waals surface area contributed by atoms with Gasteiger partial charge in [0, 0.05) is 19.6 Å². The van der Waals surface area contributed by atoms with Crippen molar-refractivity contribution in [2.75, 3.05) is 19.7 Å². The number of benzene rings is 2. The summed E-state index contributed by atoms with van der Waals surface area (Å²) in [5.41, 5.74) is 3.74. The first-order chi connectivity index (χ1) is 16.4. The van der Waals surface area contributed by atoms with Crippen molar-refractivity contribution in [2.24, 2.45) is 0 Å². The van der Waals surface area contributed by atoms with Crippen molar-refractivity contribution in [2.45, 2.75) is 50.0 Å². The molecule has 4 rings (SSSR count). The minimum Gasteiger partial charge on any atom is -0.452 e. The number of sulfonamides is 1. The summed E-state index contributed by atoms with van der Waals surface area (Å²) in [6.45, 7) is 0.894. The molecular formula is C26H30N2O5S. The second-order valence-electron chi connectivity index (χ2n) is 8.67. The fraction of sp³-hybridized carbons (Fsp3) is 0.385. The van der Waals surface area contributed by atoms with E-state index in [9.17, 15) is 18.0 Å². The van der Waals surface area contributed by atoms with Crippen LogP contribution in [0.3, 0.4) is 0 Å². The van der Waals surface area contributed by atoms with Gasteiger partial charge in [0.05, 0.1) is 10.5 Å². The van der Waals surface area contributed by atoms with Crippen molar-refractivity contribution >= 4 is 21.9 Å². The normalized spacial score (nSPS) is 16.3. The monoisotopic (exact) mass is 482 g/mol. The number of nitrogens with zero attached hydrogens (tertiary/aromatic N) is 1. The summed E-state index contributed by atoms with van der Waals surface area (Å²) in [4.78, 5) is 24.4. The van der Waals surface area contributed by atoms with Gasteiger partial charge in [-0.05, 0) is 73.9 Å². The lowest BCUT2D eigenvalue weighted by molar-refractivity contribution is -0.124. The molecule has 2 aliphatic rings. The maximum absolute atomic E-state index is 13.1. The van der Waals surface area contributed by atoms with Gasteiger partial charge in [-0.2, -0.15) is 4.31 Å². The molecule has 8 heteroatoms. The van der Waals surface area contributed by atoms with E-state index in [2.05, 4.69) is 11.4 Å². The number of ether oxygens (including phenoxy) is 1. The number of esters is 1. The van der Waals surface area contributed by atoms with E-state index in [1.165, 1.54) is 52.5 Å². The van der Waals surface area contributed by atoms with Crippen LogP contribution in [0.1, 0.15) is 53.6 Å². The molecule has 0 radical (unpaired) electrons. The van der Waals surface area contributed by atoms with Crippen molar-refractivity contribution in [1.29, 1.82) is 0 Å². The van der Waals surface area contributed by atoms with Gasteiger partial charge in [-0.15, -0.1) is 0 Å². The second kappa shape index (κ2) is 11.0. The number of carbonyl (C=O) groups excluding carboxylic acids is 2. The summed E-state index contributed by atoms with van der Waals surface area (Å²) in [7, 11) is -3.68. The molecule has 0 saturated heterocycles. The predicted octanol–water partition coefficient (Wildman–Crippen LogP) is 3.60. The van der Waals surface area contributed by atoms with Gasteiger partial charge >= 0.3 is 5.97 Å². The molecule has 0 unspecified atom stereocenters. The van der Waals surface area contributed by atoms with Crippen LogP contribution in [-0.4, -0.2) is 44.3 Å². The van der Waals surface area contributed by atoms with Crippen LogP contribution in [0.4, 0.5) is 0 Å². The van der Waals surface area contributed by atoms with Crippen LogP contribution in [0.5, 0.6) is 0 Å². The number of allylic oxidation sites excluding steroid dienone is 1. The number of nitrogens with one attached hydrogen (secondary N) is 1. The Morgan fingerprint density at radius 3 is 2.47 bits per heavy atom. The van der Waals surface area contributed by atoms with Crippen LogP contribution in [0, 0.1) is 0 Å². The van der Waals surface area contributed by atoms with Crippen LogP contribution in [0.15, 0.2) is 65.1 Å². The molecule has 7 nitrogen and oxygen atoms in total. The van der Waals surface area contributed by atoms with E-state index in [-0.39, 0.29) is 23.0 Å². The highest BCUT2D eigenvalue weighted by Crippen LogP contribution is 2.25. The summed E-state index contributed by atoms with van der Waals surface area (Å²) in [6.07, 6.45) is 8.34. The zero-order valence-corrected chi connectivity index (χ0v) is 20.0. The summed E-state index contributed by atoms with van der Waals surface area (Å²) in [5.74, 6) is -1.02. The molecular weight excluding hydrogens is 452 g/mol. The Labute approximate surface area is 200 Å². The Bertz CT molecular complexity index is 1170. The largest absolute Gasteiger partial charge is 0.452 e. The molecule has 180 valence electrons. The number of fused-ring (bicyclic) bond motifs is 1. The minimum absolute atomic E-state index is 0.123. The van der Waals surface area contributed by atoms with Gasteiger partial charge in [0.15, 0.2) is 6.61 Å². The van der Waals surface area contributed by atoms with Gasteiger partial charge in [-0.1, -0.05) is 35.9 Å². The Kier molecular flexibility index (Phi) is 7.80. The van der Waals surface area contributed by atoms with Gasteiger partial charge in [-0.3, -0.25) is 4.79 Å². The fourth-order valence-corrected chi connectivity index (χ4v) is 5.77. The second-order valence-corrected chi connectivity index (χ2v) is 10.6. The highest BCUT2D eigenvalue weighted by Gasteiger charge is 2.28. The molecule has 0 atom stereocenters. The van der Waals surface area contributed by atoms with Crippen LogP contribution < -0.4 is 5.32 Å². The lowest BCUT2D eigenvalue weighted by atomic mass is 9.97. The Morgan fingerprint density at radius 2 is 1.74 bits per heavy atom. The van der Waals surface area contributed by atoms with Gasteiger partial charge in [0.2, 0.25) is 10.0 Å². The maximum Gasteiger partial charge on any atom is 0.338 e. The number of hydrogen-bond acceptors (Lipinski definition) is 5. The molecule has 2 aromatic carbocycles. The van der Waals surface area contributed by atoms with E-state index in [0.717, 1.165) is 24.8 Å². The molecule has 1 aliphatic carbocycles. The maximum atomic E-state index is 13.1. The molecule has 34 heavy (non-hydrogen) atoms. The molecule has 1 N–H and O–H groups in total. The van der Waals surface area contributed by atoms with E-state index in [0.29, 0.717) is 26.1 Å². The van der Waals surface area contributed by atoms with Crippen LogP contribution in [0.2, 0.25) is 0 Å². The first kappa shape index (κ1) is 24.2. The molecule has 0 bridgehead atoms. The Hall–Kier alpha value is -2.97. The molecule has 0 saturated carbocycles. The molecule has 0 aromatic heterocycles. The van der Waals surface area contributed by atoms with Crippen LogP contribution >= 0.6 is 0 Å². The van der Waals surface area contributed by atoms with Crippen molar-refractivity contribution in [1.82, 2.24) is 9.62 Å². The average Bonchev–Trinajstić information content (AvgIpc) is 2.87. The smallest absolute Gasteiger partial charge is 0.338 e.